The van der Waals surface area contributed by atoms with Crippen LogP contribution in [-0.4, -0.2) is 90.9 Å². The van der Waals surface area contributed by atoms with Gasteiger partial charge in [0.05, 0.1) is 34.9 Å². The molecule has 47 heavy (non-hydrogen) atoms. The van der Waals surface area contributed by atoms with Gasteiger partial charge in [0.15, 0.2) is 0 Å². The van der Waals surface area contributed by atoms with Crippen molar-refractivity contribution in [3.63, 3.8) is 0 Å². The third kappa shape index (κ3) is 5.79. The molecule has 0 saturated carbocycles. The maximum atomic E-state index is 12.5. The highest BCUT2D eigenvalue weighted by molar-refractivity contribution is 6.34. The van der Waals surface area contributed by atoms with Crippen molar-refractivity contribution in [1.29, 1.82) is 0 Å². The number of hydrogen-bond acceptors (Lipinski definition) is 9. The number of rotatable bonds is 4. The highest BCUT2D eigenvalue weighted by atomic mass is 35.5. The predicted octanol–water partition coefficient (Wildman–Crippen LogP) is 4.03. The summed E-state index contributed by atoms with van der Waals surface area (Å²) >= 11 is 6.16. The van der Waals surface area contributed by atoms with Crippen molar-refractivity contribution in [2.75, 3.05) is 33.5 Å². The van der Waals surface area contributed by atoms with Crippen molar-refractivity contribution in [3.05, 3.63) is 63.8 Å². The fourth-order valence-electron chi connectivity index (χ4n) is 6.88. The van der Waals surface area contributed by atoms with Crippen LogP contribution in [0.3, 0.4) is 0 Å². The van der Waals surface area contributed by atoms with Crippen LogP contribution >= 0.6 is 11.6 Å². The first kappa shape index (κ1) is 30.7. The molecule has 0 aromatic carbocycles. The van der Waals surface area contributed by atoms with Gasteiger partial charge < -0.3 is 25.1 Å². The smallest absolute Gasteiger partial charge is 0.225 e. The minimum Gasteiger partial charge on any atom is -0.349 e. The Kier molecular flexibility index (Phi) is 8.08. The van der Waals surface area contributed by atoms with Crippen LogP contribution in [0.4, 0.5) is 11.5 Å². The van der Waals surface area contributed by atoms with Gasteiger partial charge in [-0.25, -0.2) is 19.9 Å². The minimum absolute atomic E-state index is 0.00701. The third-order valence-electron chi connectivity index (χ3n) is 9.22. The van der Waals surface area contributed by atoms with Gasteiger partial charge in [0.2, 0.25) is 11.8 Å². The van der Waals surface area contributed by atoms with Crippen LogP contribution in [0.1, 0.15) is 46.6 Å². The van der Waals surface area contributed by atoms with E-state index in [0.717, 1.165) is 93.0 Å². The normalized spacial score (nSPS) is 17.8. The van der Waals surface area contributed by atoms with Crippen LogP contribution in [0.15, 0.2) is 29.9 Å². The molecule has 5 aromatic heterocycles. The molecule has 0 fully saturated rings. The summed E-state index contributed by atoms with van der Waals surface area (Å²) in [5.41, 5.74) is 8.98. The monoisotopic (exact) mass is 653 g/mol. The molecular formula is C33H36ClN11O2. The maximum Gasteiger partial charge on any atom is 0.225 e. The summed E-state index contributed by atoms with van der Waals surface area (Å²) in [6.45, 7) is 0.639. The number of pyridine rings is 1. The molecule has 2 unspecified atom stereocenters. The molecule has 1 aliphatic heterocycles. The van der Waals surface area contributed by atoms with Gasteiger partial charge in [0.25, 0.3) is 0 Å². The number of anilines is 2. The lowest BCUT2D eigenvalue weighted by molar-refractivity contribution is -0.134. The van der Waals surface area contributed by atoms with Gasteiger partial charge >= 0.3 is 0 Å². The summed E-state index contributed by atoms with van der Waals surface area (Å²) in [4.78, 5) is 60.5. The second-order valence-corrected chi connectivity index (χ2v) is 13.1. The molecule has 0 saturated heterocycles. The lowest BCUT2D eigenvalue weighted by Gasteiger charge is -2.24. The van der Waals surface area contributed by atoms with Crippen LogP contribution in [0.2, 0.25) is 5.15 Å². The molecule has 3 N–H and O–H groups in total. The molecule has 6 heterocycles. The number of fused-ring (bicyclic) bond motifs is 7. The molecule has 2 aliphatic carbocycles. The van der Waals surface area contributed by atoms with E-state index in [-0.39, 0.29) is 23.7 Å². The Morgan fingerprint density at radius 1 is 0.830 bits per heavy atom. The number of nitrogens with zero attached hydrogens (tertiary/aromatic N) is 8. The number of aromatic nitrogens is 7. The van der Waals surface area contributed by atoms with Crippen LogP contribution in [0.25, 0.3) is 22.1 Å². The minimum atomic E-state index is -0.00701. The summed E-state index contributed by atoms with van der Waals surface area (Å²) in [6, 6.07) is 2.03. The Hall–Kier alpha value is -4.91. The van der Waals surface area contributed by atoms with Crippen LogP contribution in [-0.2, 0) is 41.8 Å². The average Bonchev–Trinajstić information content (AvgIpc) is 3.79. The number of carbonyl (C=O) groups is 2. The van der Waals surface area contributed by atoms with E-state index in [4.69, 9.17) is 11.6 Å². The lowest BCUT2D eigenvalue weighted by atomic mass is 9.85. The highest BCUT2D eigenvalue weighted by Gasteiger charge is 2.31. The van der Waals surface area contributed by atoms with E-state index < -0.39 is 0 Å². The molecular weight excluding hydrogens is 618 g/mol. The van der Waals surface area contributed by atoms with Gasteiger partial charge in [-0.05, 0) is 55.7 Å². The van der Waals surface area contributed by atoms with Gasteiger partial charge in [-0.2, -0.15) is 0 Å². The number of nitrogens with one attached hydrogen (secondary N) is 3. The van der Waals surface area contributed by atoms with Crippen molar-refractivity contribution in [3.8, 4) is 0 Å². The number of halogens is 1. The van der Waals surface area contributed by atoms with Gasteiger partial charge in [-0.3, -0.25) is 19.6 Å². The summed E-state index contributed by atoms with van der Waals surface area (Å²) in [6.07, 6.45) is 11.5. The third-order valence-corrected chi connectivity index (χ3v) is 9.51. The largest absolute Gasteiger partial charge is 0.349 e. The Morgan fingerprint density at radius 2 is 1.43 bits per heavy atom. The maximum absolute atomic E-state index is 12.5. The van der Waals surface area contributed by atoms with E-state index in [9.17, 15) is 9.59 Å². The van der Waals surface area contributed by atoms with Crippen molar-refractivity contribution in [1.82, 2.24) is 44.7 Å². The highest BCUT2D eigenvalue weighted by Crippen LogP contribution is 2.36. The number of aliphatic imine (C=N–C) groups is 1. The zero-order chi connectivity index (χ0) is 32.8. The first-order valence-electron chi connectivity index (χ1n) is 15.7. The fourth-order valence-corrected chi connectivity index (χ4v) is 7.13. The summed E-state index contributed by atoms with van der Waals surface area (Å²) in [5, 5.41) is 5.68. The molecule has 0 bridgehead atoms. The van der Waals surface area contributed by atoms with Gasteiger partial charge in [0, 0.05) is 63.2 Å². The van der Waals surface area contributed by atoms with Gasteiger partial charge in [-0.15, -0.1) is 0 Å². The lowest BCUT2D eigenvalue weighted by Crippen LogP contribution is -2.33. The number of aryl methyl sites for hydroxylation is 2. The van der Waals surface area contributed by atoms with Gasteiger partial charge in [0.1, 0.15) is 34.9 Å². The van der Waals surface area contributed by atoms with Crippen molar-refractivity contribution >= 4 is 63.2 Å². The van der Waals surface area contributed by atoms with Crippen LogP contribution in [0.5, 0.6) is 0 Å². The van der Waals surface area contributed by atoms with Crippen molar-refractivity contribution < 1.29 is 9.59 Å². The Morgan fingerprint density at radius 3 is 2.06 bits per heavy atom. The molecule has 3 aliphatic rings. The molecule has 242 valence electrons. The summed E-state index contributed by atoms with van der Waals surface area (Å²) < 4.78 is 0. The molecule has 2 amide bonds. The Bertz CT molecular complexity index is 2050. The van der Waals surface area contributed by atoms with E-state index in [0.29, 0.717) is 24.5 Å². The zero-order valence-corrected chi connectivity index (χ0v) is 27.5. The first-order valence-corrected chi connectivity index (χ1v) is 16.1. The van der Waals surface area contributed by atoms with Crippen LogP contribution in [0, 0.1) is 11.8 Å². The molecule has 8 rings (SSSR count). The van der Waals surface area contributed by atoms with Crippen LogP contribution < -0.4 is 5.32 Å². The van der Waals surface area contributed by atoms with E-state index in [1.54, 1.807) is 36.4 Å². The van der Waals surface area contributed by atoms with Gasteiger partial charge in [-0.1, -0.05) is 11.6 Å². The topological polar surface area (TPSA) is 161 Å². The molecule has 0 spiro atoms. The second kappa shape index (κ2) is 12.4. The number of H-pyrrole nitrogens is 2. The average molecular weight is 654 g/mol. The second-order valence-electron chi connectivity index (χ2n) is 12.7. The van der Waals surface area contributed by atoms with E-state index >= 15 is 0 Å². The number of aromatic amines is 2. The molecule has 2 atom stereocenters. The number of amides is 2. The van der Waals surface area contributed by atoms with E-state index in [1.165, 1.54) is 6.33 Å². The number of carbonyl (C=O) groups excluding carboxylic acids is 2. The summed E-state index contributed by atoms with van der Waals surface area (Å²) in [5.74, 6) is 1.10. The summed E-state index contributed by atoms with van der Waals surface area (Å²) in [7, 11) is 7.22. The predicted molar refractivity (Wildman–Crippen MR) is 180 cm³/mol. The first-order chi connectivity index (χ1) is 22.7. The van der Waals surface area contributed by atoms with E-state index in [1.807, 2.05) is 26.4 Å². The zero-order valence-electron chi connectivity index (χ0n) is 26.8. The van der Waals surface area contributed by atoms with E-state index in [2.05, 4.69) is 45.2 Å². The number of hydrogen-bond donors (Lipinski definition) is 3. The molecule has 14 heteroatoms. The molecule has 5 aromatic rings. The Balaban J connectivity index is 0.000000161. The fraction of sp³-hybridized carbons (Fsp3) is 0.394. The van der Waals surface area contributed by atoms with Crippen molar-refractivity contribution in [2.45, 2.75) is 45.1 Å². The molecule has 13 nitrogen and oxygen atoms in total. The molecule has 0 radical (unpaired) electrons. The SMILES string of the molecule is CN(C)C(=O)C1CCc2[nH]c3ncnc(Cl)c3c2C1.CN(C)C(=O)C1CCc2[nH]c3ncnc(Nc4cnc5c(c4)C=NC5)c3c2C1. The standard InChI is InChI=1S/C20H21N7O.C13H15ClN4O/c1-27(2)20(28)11-3-4-15-14(6-11)17-18(23-10-24-19(17)26-15)25-13-5-12-7-21-9-16(12)22-8-13;1-18(2)13(19)7-3-4-9-8(5-7)10-11(14)15-6-16-12(10)17-9/h5,7-8,10-11H,3-4,6,9H2,1-2H3,(H2,23,24,25,26);6-7H,3-5H2,1-2H3,(H,15,16,17). The van der Waals surface area contributed by atoms with Crippen molar-refractivity contribution in [2.24, 2.45) is 16.8 Å². The Labute approximate surface area is 276 Å². The quantitative estimate of drug-likeness (QED) is 0.245.